The van der Waals surface area contributed by atoms with Crippen LogP contribution in [0.2, 0.25) is 0 Å². The lowest BCUT2D eigenvalue weighted by atomic mass is 9.76. The topological polar surface area (TPSA) is 68.1 Å². The Morgan fingerprint density at radius 1 is 1.04 bits per heavy atom. The molecule has 1 aromatic carbocycles. The van der Waals surface area contributed by atoms with Gasteiger partial charge in [-0.15, -0.1) is 11.3 Å². The van der Waals surface area contributed by atoms with Gasteiger partial charge in [-0.1, -0.05) is 51.1 Å². The van der Waals surface area contributed by atoms with E-state index in [4.69, 9.17) is 4.74 Å². The Morgan fingerprint density at radius 3 is 2.31 bits per heavy atom. The maximum absolute atomic E-state index is 11.2. The Balaban J connectivity index is 1.69. The second-order valence-electron chi connectivity index (χ2n) is 7.26. The summed E-state index contributed by atoms with van der Waals surface area (Å²) < 4.78 is 5.83. The average molecular weight is 369 g/mol. The highest BCUT2D eigenvalue weighted by molar-refractivity contribution is 7.09. The predicted molar refractivity (Wildman–Crippen MR) is 102 cm³/mol. The molecule has 0 bridgehead atoms. The van der Waals surface area contributed by atoms with Crippen LogP contribution in [0.15, 0.2) is 54.4 Å². The van der Waals surface area contributed by atoms with Crippen LogP contribution >= 0.6 is 11.3 Å². The van der Waals surface area contributed by atoms with E-state index < -0.39 is 11.0 Å². The Morgan fingerprint density at radius 2 is 1.73 bits per heavy atom. The van der Waals surface area contributed by atoms with E-state index in [9.17, 15) is 5.11 Å². The van der Waals surface area contributed by atoms with Gasteiger partial charge in [-0.2, -0.15) is 0 Å². The zero-order valence-electron chi connectivity index (χ0n) is 15.2. The first-order valence-electron chi connectivity index (χ1n) is 8.47. The summed E-state index contributed by atoms with van der Waals surface area (Å²) in [5, 5.41) is 11.2. The Labute approximate surface area is 157 Å². The first-order valence-corrected chi connectivity index (χ1v) is 9.35. The van der Waals surface area contributed by atoms with E-state index in [1.165, 1.54) is 11.3 Å². The van der Waals surface area contributed by atoms with Gasteiger partial charge in [0.25, 0.3) is 0 Å². The van der Waals surface area contributed by atoms with Crippen molar-refractivity contribution in [2.75, 3.05) is 6.61 Å². The molecule has 26 heavy (non-hydrogen) atoms. The molecule has 0 saturated carbocycles. The van der Waals surface area contributed by atoms with Crippen molar-refractivity contribution in [3.63, 3.8) is 0 Å². The number of thiazole rings is 1. The summed E-state index contributed by atoms with van der Waals surface area (Å²) >= 11 is 1.42. The molecule has 136 valence electrons. The van der Waals surface area contributed by atoms with E-state index in [1.54, 1.807) is 24.1 Å². The van der Waals surface area contributed by atoms with E-state index in [0.717, 1.165) is 16.3 Å². The largest absolute Gasteiger partial charge is 0.487 e. The molecule has 1 N–H and O–H groups in total. The van der Waals surface area contributed by atoms with Crippen LogP contribution in [0.1, 0.15) is 37.0 Å². The maximum Gasteiger partial charge on any atom is 0.156 e. The molecule has 3 aromatic rings. The summed E-state index contributed by atoms with van der Waals surface area (Å²) in [6, 6.07) is 10.1. The minimum Gasteiger partial charge on any atom is -0.487 e. The van der Waals surface area contributed by atoms with Gasteiger partial charge >= 0.3 is 0 Å². The van der Waals surface area contributed by atoms with Gasteiger partial charge in [-0.25, -0.2) is 9.97 Å². The van der Waals surface area contributed by atoms with Crippen molar-refractivity contribution >= 4 is 11.3 Å². The summed E-state index contributed by atoms with van der Waals surface area (Å²) in [5.41, 5.74) is 1.33. The van der Waals surface area contributed by atoms with Crippen molar-refractivity contribution in [3.05, 3.63) is 70.7 Å². The highest BCUT2D eigenvalue weighted by Gasteiger charge is 2.44. The number of aliphatic hydroxyl groups is 1. The molecule has 0 aliphatic carbocycles. The number of hydrogen-bond acceptors (Lipinski definition) is 6. The summed E-state index contributed by atoms with van der Waals surface area (Å²) in [4.78, 5) is 13.6. The molecule has 2 heterocycles. The molecule has 5 nitrogen and oxygen atoms in total. The fourth-order valence-corrected chi connectivity index (χ4v) is 3.47. The zero-order valence-corrected chi connectivity index (χ0v) is 16.0. The lowest BCUT2D eigenvalue weighted by Crippen LogP contribution is -2.44. The molecule has 1 atom stereocenters. The number of hydrogen-bond donors (Lipinski definition) is 1. The van der Waals surface area contributed by atoms with Crippen molar-refractivity contribution in [2.45, 2.75) is 32.8 Å². The monoisotopic (exact) mass is 369 g/mol. The Kier molecular flexibility index (Phi) is 5.34. The van der Waals surface area contributed by atoms with Crippen LogP contribution in [0.3, 0.4) is 0 Å². The summed E-state index contributed by atoms with van der Waals surface area (Å²) in [6.45, 7) is 6.06. The van der Waals surface area contributed by atoms with E-state index in [1.807, 2.05) is 51.1 Å². The Bertz CT molecular complexity index is 815. The van der Waals surface area contributed by atoms with Gasteiger partial charge < -0.3 is 9.84 Å². The molecule has 2 aromatic heterocycles. The number of rotatable bonds is 6. The fraction of sp³-hybridized carbons (Fsp3) is 0.350. The first-order chi connectivity index (χ1) is 12.4. The third-order valence-corrected chi connectivity index (χ3v) is 5.34. The van der Waals surface area contributed by atoms with Crippen molar-refractivity contribution in [3.8, 4) is 5.75 Å². The third kappa shape index (κ3) is 4.08. The van der Waals surface area contributed by atoms with Gasteiger partial charge in [0.15, 0.2) is 5.75 Å². The molecule has 0 saturated heterocycles. The van der Waals surface area contributed by atoms with Crippen LogP contribution < -0.4 is 4.74 Å². The van der Waals surface area contributed by atoms with Crippen LogP contribution in [0.5, 0.6) is 5.75 Å². The fourth-order valence-electron chi connectivity index (χ4n) is 2.55. The number of aromatic nitrogens is 3. The van der Waals surface area contributed by atoms with Crippen molar-refractivity contribution < 1.29 is 9.84 Å². The quantitative estimate of drug-likeness (QED) is 0.715. The van der Waals surface area contributed by atoms with Crippen LogP contribution in [0.4, 0.5) is 0 Å². The molecule has 0 aliphatic rings. The predicted octanol–water partition coefficient (Wildman–Crippen LogP) is 3.84. The molecule has 0 spiro atoms. The minimum absolute atomic E-state index is 0.111. The second kappa shape index (κ2) is 7.51. The summed E-state index contributed by atoms with van der Waals surface area (Å²) in [6.07, 6.45) is 5.68. The van der Waals surface area contributed by atoms with E-state index in [2.05, 4.69) is 15.0 Å². The lowest BCUT2D eigenvalue weighted by molar-refractivity contribution is -0.0919. The van der Waals surface area contributed by atoms with E-state index in [-0.39, 0.29) is 6.61 Å². The zero-order chi connectivity index (χ0) is 18.6. The standard InChI is InChI=1S/C20H23N3O2S/c1-19(2,3)20(24,17-12-21-14-26-17)13-25-16-10-22-18(23-11-16)9-15-7-5-4-6-8-15/h4-8,10-12,14,24H,9,13H2,1-3H3. The van der Waals surface area contributed by atoms with Gasteiger partial charge in [-0.05, 0) is 11.0 Å². The number of benzene rings is 1. The minimum atomic E-state index is -1.14. The highest BCUT2D eigenvalue weighted by atomic mass is 32.1. The van der Waals surface area contributed by atoms with Crippen LogP contribution in [-0.4, -0.2) is 26.7 Å². The number of ether oxygens (including phenoxy) is 1. The molecule has 0 fully saturated rings. The van der Waals surface area contributed by atoms with Gasteiger partial charge in [0.1, 0.15) is 18.0 Å². The third-order valence-electron chi connectivity index (χ3n) is 4.42. The van der Waals surface area contributed by atoms with Crippen LogP contribution in [0, 0.1) is 5.41 Å². The molecule has 1 unspecified atom stereocenters. The van der Waals surface area contributed by atoms with Crippen molar-refractivity contribution in [2.24, 2.45) is 5.41 Å². The second-order valence-corrected chi connectivity index (χ2v) is 8.15. The van der Waals surface area contributed by atoms with Crippen LogP contribution in [-0.2, 0) is 12.0 Å². The molecular formula is C20H23N3O2S. The van der Waals surface area contributed by atoms with E-state index in [0.29, 0.717) is 12.2 Å². The summed E-state index contributed by atoms with van der Waals surface area (Å²) in [7, 11) is 0. The van der Waals surface area contributed by atoms with Gasteiger partial charge in [0.05, 0.1) is 22.8 Å². The first kappa shape index (κ1) is 18.5. The number of nitrogens with zero attached hydrogens (tertiary/aromatic N) is 3. The normalized spacial score (nSPS) is 14.0. The lowest BCUT2D eigenvalue weighted by Gasteiger charge is -2.38. The Hall–Kier alpha value is -2.31. The van der Waals surface area contributed by atoms with Crippen LogP contribution in [0.25, 0.3) is 0 Å². The van der Waals surface area contributed by atoms with Gasteiger partial charge in [-0.3, -0.25) is 4.98 Å². The maximum atomic E-state index is 11.2. The molecule has 0 radical (unpaired) electrons. The molecule has 3 rings (SSSR count). The van der Waals surface area contributed by atoms with Crippen molar-refractivity contribution in [1.29, 1.82) is 0 Å². The molecule has 6 heteroatoms. The molecular weight excluding hydrogens is 346 g/mol. The smallest absolute Gasteiger partial charge is 0.156 e. The molecule has 0 amide bonds. The molecule has 0 aliphatic heterocycles. The SMILES string of the molecule is CC(C)(C)C(O)(COc1cnc(Cc2ccccc2)nc1)c1cncs1. The van der Waals surface area contributed by atoms with Gasteiger partial charge in [0, 0.05) is 12.6 Å². The highest BCUT2D eigenvalue weighted by Crippen LogP contribution is 2.41. The van der Waals surface area contributed by atoms with E-state index >= 15 is 0 Å². The average Bonchev–Trinajstić information content (AvgIpc) is 3.16. The summed E-state index contributed by atoms with van der Waals surface area (Å²) in [5.74, 6) is 1.27. The van der Waals surface area contributed by atoms with Gasteiger partial charge in [0.2, 0.25) is 0 Å². The van der Waals surface area contributed by atoms with Crippen molar-refractivity contribution in [1.82, 2.24) is 15.0 Å².